The Hall–Kier alpha value is -2.39. The second-order valence-electron chi connectivity index (χ2n) is 2.79. The average molecular weight is 183 g/mol. The largest absolute Gasteiger partial charge is 0.478 e. The van der Waals surface area contributed by atoms with Gasteiger partial charge in [-0.15, -0.1) is 0 Å². The van der Waals surface area contributed by atoms with Crippen LogP contribution in [-0.4, -0.2) is 11.1 Å². The average Bonchev–Trinajstić information content (AvgIpc) is 2.16. The summed E-state index contributed by atoms with van der Waals surface area (Å²) >= 11 is 0. The summed E-state index contributed by atoms with van der Waals surface area (Å²) in [6, 6.07) is 13.7. The first-order valence-corrected chi connectivity index (χ1v) is 3.87. The summed E-state index contributed by atoms with van der Waals surface area (Å²) in [6.45, 7) is 0. The van der Waals surface area contributed by atoms with E-state index in [9.17, 15) is 4.79 Å². The lowest BCUT2D eigenvalue weighted by molar-refractivity contribution is 0.0698. The van der Waals surface area contributed by atoms with Crippen LogP contribution in [0.2, 0.25) is 0 Å². The number of anilines is 1. The number of benzene rings is 1. The summed E-state index contributed by atoms with van der Waals surface area (Å²) < 4.78 is 0. The van der Waals surface area contributed by atoms with Crippen molar-refractivity contribution in [2.75, 3.05) is 5.73 Å². The van der Waals surface area contributed by atoms with Crippen LogP contribution in [0.4, 0.5) is 5.69 Å². The third-order valence-electron chi connectivity index (χ3n) is 1.88. The molecule has 0 amide bonds. The molecule has 0 saturated carbocycles. The first kappa shape index (κ1) is 8.22. The van der Waals surface area contributed by atoms with Gasteiger partial charge < -0.3 is 10.8 Å². The van der Waals surface area contributed by atoms with E-state index in [0.29, 0.717) is 10.8 Å². The Balaban J connectivity index is 2.77. The molecule has 0 bridgehead atoms. The van der Waals surface area contributed by atoms with Crippen molar-refractivity contribution in [1.82, 2.24) is 0 Å². The standard InChI is InChI=1S/C11H5NO2/c12-10-6-8-4-2-1-3-7(8)5-9(10)11(13)14/h5-6H,12H2,(H,13,14). The van der Waals surface area contributed by atoms with Crippen molar-refractivity contribution in [3.05, 3.63) is 42.0 Å². The third kappa shape index (κ3) is 1.18. The predicted molar refractivity (Wildman–Crippen MR) is 50.7 cm³/mol. The highest BCUT2D eigenvalue weighted by molar-refractivity contribution is 5.99. The summed E-state index contributed by atoms with van der Waals surface area (Å²) in [7, 11) is 0. The summed E-state index contributed by atoms with van der Waals surface area (Å²) in [5, 5.41) is 10.1. The van der Waals surface area contributed by atoms with Gasteiger partial charge in [-0.05, 0) is 24.3 Å². The van der Waals surface area contributed by atoms with Gasteiger partial charge in [0.05, 0.1) is 5.56 Å². The highest BCUT2D eigenvalue weighted by Gasteiger charge is 2.08. The minimum Gasteiger partial charge on any atom is -0.478 e. The van der Waals surface area contributed by atoms with Crippen molar-refractivity contribution in [2.24, 2.45) is 0 Å². The van der Waals surface area contributed by atoms with Gasteiger partial charge in [0.15, 0.2) is 0 Å². The maximum absolute atomic E-state index is 10.7. The van der Waals surface area contributed by atoms with Gasteiger partial charge in [-0.25, -0.2) is 4.79 Å². The molecule has 0 aliphatic heterocycles. The Morgan fingerprint density at radius 2 is 1.79 bits per heavy atom. The van der Waals surface area contributed by atoms with Crippen molar-refractivity contribution in [2.45, 2.75) is 0 Å². The zero-order chi connectivity index (χ0) is 10.1. The molecule has 0 aliphatic carbocycles. The van der Waals surface area contributed by atoms with Crippen LogP contribution in [-0.2, 0) is 0 Å². The van der Waals surface area contributed by atoms with E-state index in [1.807, 2.05) is 0 Å². The number of carboxylic acids is 1. The number of aromatic carboxylic acids is 1. The minimum absolute atomic E-state index is 0.0711. The molecule has 0 unspecified atom stereocenters. The molecule has 0 saturated heterocycles. The lowest BCUT2D eigenvalue weighted by Crippen LogP contribution is -2.01. The topological polar surface area (TPSA) is 63.3 Å². The molecular formula is C11H5NO2. The zero-order valence-corrected chi connectivity index (χ0v) is 7.09. The van der Waals surface area contributed by atoms with Crippen LogP contribution in [0.15, 0.2) is 12.1 Å². The number of hydrogen-bond donors (Lipinski definition) is 2. The number of rotatable bonds is 1. The highest BCUT2D eigenvalue weighted by Crippen LogP contribution is 2.18. The van der Waals surface area contributed by atoms with Gasteiger partial charge in [0.25, 0.3) is 0 Å². The van der Waals surface area contributed by atoms with Crippen LogP contribution in [0, 0.1) is 24.3 Å². The smallest absolute Gasteiger partial charge is 0.337 e. The molecule has 3 nitrogen and oxygen atoms in total. The monoisotopic (exact) mass is 183 g/mol. The number of carboxylic acid groups (broad SMARTS) is 1. The molecule has 3 N–H and O–H groups in total. The number of hydrogen-bond acceptors (Lipinski definition) is 2. The van der Waals surface area contributed by atoms with E-state index in [4.69, 9.17) is 10.8 Å². The second kappa shape index (κ2) is 2.83. The Kier molecular flexibility index (Phi) is 1.66. The quantitative estimate of drug-likeness (QED) is 0.655. The Morgan fingerprint density at radius 1 is 1.21 bits per heavy atom. The Morgan fingerprint density at radius 3 is 2.36 bits per heavy atom. The van der Waals surface area contributed by atoms with Gasteiger partial charge in [0.1, 0.15) is 0 Å². The van der Waals surface area contributed by atoms with Gasteiger partial charge in [-0.3, -0.25) is 0 Å². The molecule has 0 spiro atoms. The first-order chi connectivity index (χ1) is 6.68. The molecule has 66 valence electrons. The van der Waals surface area contributed by atoms with E-state index >= 15 is 0 Å². The van der Waals surface area contributed by atoms with Crippen LogP contribution in [0.5, 0.6) is 0 Å². The van der Waals surface area contributed by atoms with E-state index in [1.54, 1.807) is 6.07 Å². The SMILES string of the molecule is Nc1cc2c#cc#cc2cc1C(=O)O. The van der Waals surface area contributed by atoms with Gasteiger partial charge in [0, 0.05) is 16.5 Å². The van der Waals surface area contributed by atoms with Crippen molar-refractivity contribution < 1.29 is 9.90 Å². The van der Waals surface area contributed by atoms with E-state index < -0.39 is 5.97 Å². The Bertz CT molecular complexity index is 506. The molecule has 0 atom stereocenters. The minimum atomic E-state index is -1.05. The number of nitrogen functional groups attached to an aromatic ring is 1. The van der Waals surface area contributed by atoms with E-state index in [0.717, 1.165) is 0 Å². The van der Waals surface area contributed by atoms with Crippen molar-refractivity contribution in [3.63, 3.8) is 0 Å². The molecule has 0 heterocycles. The van der Waals surface area contributed by atoms with Gasteiger partial charge in [-0.2, -0.15) is 0 Å². The summed E-state index contributed by atoms with van der Waals surface area (Å²) in [5.41, 5.74) is 5.84. The van der Waals surface area contributed by atoms with E-state index in [1.165, 1.54) is 6.07 Å². The van der Waals surface area contributed by atoms with Crippen LogP contribution in [0.1, 0.15) is 10.4 Å². The van der Waals surface area contributed by atoms with E-state index in [2.05, 4.69) is 24.3 Å². The van der Waals surface area contributed by atoms with Gasteiger partial charge in [0.2, 0.25) is 0 Å². The molecule has 3 heteroatoms. The van der Waals surface area contributed by atoms with Crippen molar-refractivity contribution in [3.8, 4) is 0 Å². The van der Waals surface area contributed by atoms with E-state index in [-0.39, 0.29) is 11.3 Å². The molecular weight excluding hydrogens is 178 g/mol. The van der Waals surface area contributed by atoms with Gasteiger partial charge in [-0.1, -0.05) is 12.1 Å². The fourth-order valence-corrected chi connectivity index (χ4v) is 1.21. The zero-order valence-electron chi connectivity index (χ0n) is 7.09. The molecule has 0 aliphatic rings. The second-order valence-corrected chi connectivity index (χ2v) is 2.79. The lowest BCUT2D eigenvalue weighted by atomic mass is 10.1. The summed E-state index contributed by atoms with van der Waals surface area (Å²) in [4.78, 5) is 10.7. The number of fused-ring (bicyclic) bond motifs is 1. The summed E-state index contributed by atoms with van der Waals surface area (Å²) in [6.07, 6.45) is 0. The van der Waals surface area contributed by atoms with Crippen molar-refractivity contribution in [1.29, 1.82) is 0 Å². The number of nitrogens with two attached hydrogens (primary N) is 1. The van der Waals surface area contributed by atoms with Crippen LogP contribution >= 0.6 is 0 Å². The fourth-order valence-electron chi connectivity index (χ4n) is 1.21. The van der Waals surface area contributed by atoms with Crippen LogP contribution in [0.3, 0.4) is 0 Å². The molecule has 0 fully saturated rings. The molecule has 0 radical (unpaired) electrons. The Labute approximate surface area is 80.8 Å². The normalized spacial score (nSPS) is 9.14. The molecule has 14 heavy (non-hydrogen) atoms. The maximum Gasteiger partial charge on any atom is 0.337 e. The highest BCUT2D eigenvalue weighted by atomic mass is 16.4. The van der Waals surface area contributed by atoms with Crippen molar-refractivity contribution >= 4 is 22.4 Å². The summed E-state index contributed by atoms with van der Waals surface area (Å²) in [5.74, 6) is -1.05. The molecule has 0 aromatic heterocycles. The first-order valence-electron chi connectivity index (χ1n) is 3.87. The molecule has 2 rings (SSSR count). The predicted octanol–water partition coefficient (Wildman–Crippen LogP) is 1.32. The third-order valence-corrected chi connectivity index (χ3v) is 1.88. The number of carbonyl (C=O) groups is 1. The molecule has 2 aromatic rings. The fraction of sp³-hybridized carbons (Fsp3) is 0. The van der Waals surface area contributed by atoms with Gasteiger partial charge >= 0.3 is 5.97 Å². The lowest BCUT2D eigenvalue weighted by Gasteiger charge is -2.00. The molecule has 2 aromatic carbocycles. The van der Waals surface area contributed by atoms with Crippen LogP contribution < -0.4 is 5.73 Å². The van der Waals surface area contributed by atoms with Crippen LogP contribution in [0.25, 0.3) is 10.8 Å². The maximum atomic E-state index is 10.7.